The smallest absolute Gasteiger partial charge is 0.132 e. The second-order valence-corrected chi connectivity index (χ2v) is 5.10. The van der Waals surface area contributed by atoms with Crippen LogP contribution in [0.1, 0.15) is 24.3 Å². The number of rotatable bonds is 5. The Morgan fingerprint density at radius 1 is 1.39 bits per heavy atom. The first-order valence-electron chi connectivity index (χ1n) is 6.11. The fourth-order valence-electron chi connectivity index (χ4n) is 1.92. The monoisotopic (exact) mass is 264 g/mol. The largest absolute Gasteiger partial charge is 0.319 e. The third-order valence-electron chi connectivity index (χ3n) is 2.96. The molecule has 4 heteroatoms. The molecule has 1 N–H and O–H groups in total. The molecule has 0 fully saturated rings. The van der Waals surface area contributed by atoms with Crippen molar-refractivity contribution in [3.63, 3.8) is 0 Å². The standard InChI is InChI=1S/C14H17FN2S/c1-3-10(8-16-2)14-17-13(9-18-14)11-6-4-5-7-12(11)15/h4-7,9-10,16H,3,8H2,1-2H3. The van der Waals surface area contributed by atoms with Gasteiger partial charge in [0.2, 0.25) is 0 Å². The van der Waals surface area contributed by atoms with E-state index in [2.05, 4.69) is 17.2 Å². The molecule has 18 heavy (non-hydrogen) atoms. The molecule has 0 aliphatic heterocycles. The van der Waals surface area contributed by atoms with E-state index in [1.807, 2.05) is 18.5 Å². The van der Waals surface area contributed by atoms with Gasteiger partial charge in [0.15, 0.2) is 0 Å². The van der Waals surface area contributed by atoms with Crippen LogP contribution in [0.15, 0.2) is 29.6 Å². The third-order valence-corrected chi connectivity index (χ3v) is 3.97. The number of aromatic nitrogens is 1. The Hall–Kier alpha value is -1.26. The lowest BCUT2D eigenvalue weighted by Gasteiger charge is -2.10. The zero-order chi connectivity index (χ0) is 13.0. The summed E-state index contributed by atoms with van der Waals surface area (Å²) >= 11 is 1.61. The molecule has 0 bridgehead atoms. The van der Waals surface area contributed by atoms with Crippen molar-refractivity contribution < 1.29 is 4.39 Å². The minimum absolute atomic E-state index is 0.212. The summed E-state index contributed by atoms with van der Waals surface area (Å²) in [5.41, 5.74) is 1.32. The average Bonchev–Trinajstić information content (AvgIpc) is 2.85. The van der Waals surface area contributed by atoms with Crippen molar-refractivity contribution in [2.75, 3.05) is 13.6 Å². The molecule has 0 aliphatic rings. The van der Waals surface area contributed by atoms with Crippen molar-refractivity contribution in [1.82, 2.24) is 10.3 Å². The highest BCUT2D eigenvalue weighted by atomic mass is 32.1. The van der Waals surface area contributed by atoms with Crippen LogP contribution in [0.5, 0.6) is 0 Å². The van der Waals surface area contributed by atoms with Gasteiger partial charge in [-0.1, -0.05) is 19.1 Å². The van der Waals surface area contributed by atoms with Gasteiger partial charge in [0, 0.05) is 23.4 Å². The van der Waals surface area contributed by atoms with Crippen LogP contribution >= 0.6 is 11.3 Å². The van der Waals surface area contributed by atoms with Gasteiger partial charge in [0.1, 0.15) is 5.82 Å². The first-order valence-corrected chi connectivity index (χ1v) is 6.99. The Balaban J connectivity index is 2.28. The summed E-state index contributed by atoms with van der Waals surface area (Å²) < 4.78 is 13.7. The van der Waals surface area contributed by atoms with E-state index in [1.165, 1.54) is 6.07 Å². The second kappa shape index (κ2) is 6.07. The lowest BCUT2D eigenvalue weighted by molar-refractivity contribution is 0.608. The highest BCUT2D eigenvalue weighted by Gasteiger charge is 2.14. The van der Waals surface area contributed by atoms with E-state index in [9.17, 15) is 4.39 Å². The van der Waals surface area contributed by atoms with E-state index < -0.39 is 0 Å². The highest BCUT2D eigenvalue weighted by Crippen LogP contribution is 2.29. The van der Waals surface area contributed by atoms with E-state index in [4.69, 9.17) is 0 Å². The van der Waals surface area contributed by atoms with Crippen LogP contribution in [0.4, 0.5) is 4.39 Å². The quantitative estimate of drug-likeness (QED) is 0.891. The van der Waals surface area contributed by atoms with Gasteiger partial charge in [0.25, 0.3) is 0 Å². The van der Waals surface area contributed by atoms with Crippen LogP contribution in [0.2, 0.25) is 0 Å². The molecule has 0 spiro atoms. The van der Waals surface area contributed by atoms with Crippen molar-refractivity contribution in [3.8, 4) is 11.3 Å². The maximum absolute atomic E-state index is 13.7. The summed E-state index contributed by atoms with van der Waals surface area (Å²) in [5.74, 6) is 0.191. The fraction of sp³-hybridized carbons (Fsp3) is 0.357. The predicted molar refractivity (Wildman–Crippen MR) is 74.5 cm³/mol. The van der Waals surface area contributed by atoms with Gasteiger partial charge in [-0.3, -0.25) is 0 Å². The maximum Gasteiger partial charge on any atom is 0.132 e. The third kappa shape index (κ3) is 2.76. The molecule has 0 saturated carbocycles. The summed E-state index contributed by atoms with van der Waals surface area (Å²) in [5, 5.41) is 6.18. The molecular formula is C14H17FN2S. The zero-order valence-electron chi connectivity index (χ0n) is 10.6. The van der Waals surface area contributed by atoms with Crippen molar-refractivity contribution in [2.45, 2.75) is 19.3 Å². The van der Waals surface area contributed by atoms with Crippen LogP contribution in [-0.4, -0.2) is 18.6 Å². The maximum atomic E-state index is 13.7. The molecule has 1 aromatic carbocycles. The molecule has 1 atom stereocenters. The Morgan fingerprint density at radius 3 is 2.83 bits per heavy atom. The Labute approximate surface area is 111 Å². The minimum atomic E-state index is -0.212. The minimum Gasteiger partial charge on any atom is -0.319 e. The van der Waals surface area contributed by atoms with Gasteiger partial charge in [-0.05, 0) is 25.6 Å². The summed E-state index contributed by atoms with van der Waals surface area (Å²) in [6.07, 6.45) is 1.03. The van der Waals surface area contributed by atoms with Gasteiger partial charge >= 0.3 is 0 Å². The van der Waals surface area contributed by atoms with Crippen molar-refractivity contribution in [1.29, 1.82) is 0 Å². The first kappa shape index (κ1) is 13.2. The number of benzene rings is 1. The average molecular weight is 264 g/mol. The van der Waals surface area contributed by atoms with Crippen molar-refractivity contribution in [3.05, 3.63) is 40.5 Å². The fourth-order valence-corrected chi connectivity index (χ4v) is 2.93. The molecule has 2 rings (SSSR count). The topological polar surface area (TPSA) is 24.9 Å². The number of hydrogen-bond acceptors (Lipinski definition) is 3. The van der Waals surface area contributed by atoms with E-state index in [0.717, 1.165) is 23.7 Å². The lowest BCUT2D eigenvalue weighted by Crippen LogP contribution is -2.16. The highest BCUT2D eigenvalue weighted by molar-refractivity contribution is 7.10. The molecule has 1 heterocycles. The molecule has 1 unspecified atom stereocenters. The molecule has 2 aromatic rings. The normalized spacial score (nSPS) is 12.6. The van der Waals surface area contributed by atoms with E-state index in [0.29, 0.717) is 11.5 Å². The number of halogens is 1. The van der Waals surface area contributed by atoms with Crippen molar-refractivity contribution in [2.24, 2.45) is 0 Å². The Bertz CT molecular complexity index is 510. The summed E-state index contributed by atoms with van der Waals surface area (Å²) in [6, 6.07) is 6.77. The molecule has 0 amide bonds. The Morgan fingerprint density at radius 2 is 2.17 bits per heavy atom. The van der Waals surface area contributed by atoms with Crippen LogP contribution in [-0.2, 0) is 0 Å². The summed E-state index contributed by atoms with van der Waals surface area (Å²) in [4.78, 5) is 4.57. The van der Waals surface area contributed by atoms with E-state index in [-0.39, 0.29) is 5.82 Å². The molecule has 0 radical (unpaired) electrons. The van der Waals surface area contributed by atoms with Gasteiger partial charge < -0.3 is 5.32 Å². The molecule has 0 saturated heterocycles. The molecule has 2 nitrogen and oxygen atoms in total. The number of nitrogens with one attached hydrogen (secondary N) is 1. The number of hydrogen-bond donors (Lipinski definition) is 1. The van der Waals surface area contributed by atoms with Crippen LogP contribution < -0.4 is 5.32 Å². The van der Waals surface area contributed by atoms with Crippen LogP contribution in [0.3, 0.4) is 0 Å². The van der Waals surface area contributed by atoms with Crippen LogP contribution in [0, 0.1) is 5.82 Å². The molecule has 0 aliphatic carbocycles. The Kier molecular flexibility index (Phi) is 4.44. The molecule has 1 aromatic heterocycles. The van der Waals surface area contributed by atoms with E-state index >= 15 is 0 Å². The van der Waals surface area contributed by atoms with Gasteiger partial charge in [-0.25, -0.2) is 9.37 Å². The summed E-state index contributed by atoms with van der Waals surface area (Å²) in [7, 11) is 1.94. The first-order chi connectivity index (χ1) is 8.76. The second-order valence-electron chi connectivity index (χ2n) is 4.21. The number of likely N-dealkylation sites (N-methyl/N-ethyl adjacent to an activating group) is 1. The van der Waals surface area contributed by atoms with Crippen LogP contribution in [0.25, 0.3) is 11.3 Å². The van der Waals surface area contributed by atoms with E-state index in [1.54, 1.807) is 23.5 Å². The molecule has 96 valence electrons. The van der Waals surface area contributed by atoms with Gasteiger partial charge in [-0.15, -0.1) is 11.3 Å². The lowest BCUT2D eigenvalue weighted by atomic mass is 10.1. The molecular weight excluding hydrogens is 247 g/mol. The predicted octanol–water partition coefficient (Wildman–Crippen LogP) is 3.66. The zero-order valence-corrected chi connectivity index (χ0v) is 11.4. The van der Waals surface area contributed by atoms with Gasteiger partial charge in [-0.2, -0.15) is 0 Å². The SMILES string of the molecule is CCC(CNC)c1nc(-c2ccccc2F)cs1. The van der Waals surface area contributed by atoms with Crippen molar-refractivity contribution >= 4 is 11.3 Å². The number of thiazole rings is 1. The number of nitrogens with zero attached hydrogens (tertiary/aromatic N) is 1. The summed E-state index contributed by atoms with van der Waals surface area (Å²) in [6.45, 7) is 3.05. The van der Waals surface area contributed by atoms with Gasteiger partial charge in [0.05, 0.1) is 10.7 Å².